The van der Waals surface area contributed by atoms with Crippen molar-refractivity contribution < 1.29 is 17.9 Å². The Morgan fingerprint density at radius 2 is 1.81 bits per heavy atom. The van der Waals surface area contributed by atoms with E-state index in [0.29, 0.717) is 6.54 Å². The van der Waals surface area contributed by atoms with Gasteiger partial charge in [0.1, 0.15) is 5.82 Å². The average Bonchev–Trinajstić information content (AvgIpc) is 3.07. The molecule has 3 unspecified atom stereocenters. The molecule has 0 bridgehead atoms. The number of sulfonamides is 1. The number of benzene rings is 1. The van der Waals surface area contributed by atoms with Crippen molar-refractivity contribution in [2.24, 2.45) is 5.92 Å². The predicted octanol–water partition coefficient (Wildman–Crippen LogP) is 2.14. The van der Waals surface area contributed by atoms with Gasteiger partial charge < -0.3 is 5.11 Å². The Balaban J connectivity index is 1.88. The first-order chi connectivity index (χ1) is 10.00. The van der Waals surface area contributed by atoms with Crippen LogP contribution in [-0.2, 0) is 10.0 Å². The second kappa shape index (κ2) is 5.66. The van der Waals surface area contributed by atoms with E-state index in [1.165, 1.54) is 28.6 Å². The van der Waals surface area contributed by atoms with Gasteiger partial charge in [-0.2, -0.15) is 4.31 Å². The maximum absolute atomic E-state index is 13.0. The van der Waals surface area contributed by atoms with E-state index < -0.39 is 21.9 Å². The van der Waals surface area contributed by atoms with Crippen molar-refractivity contribution >= 4 is 10.0 Å². The molecule has 0 aromatic heterocycles. The Bertz CT molecular complexity index is 602. The smallest absolute Gasteiger partial charge is 0.243 e. The molecule has 4 nitrogen and oxygen atoms in total. The lowest BCUT2D eigenvalue weighted by Crippen LogP contribution is -2.42. The minimum atomic E-state index is -3.61. The zero-order valence-electron chi connectivity index (χ0n) is 11.8. The van der Waals surface area contributed by atoms with Crippen molar-refractivity contribution in [2.75, 3.05) is 6.54 Å². The third kappa shape index (κ3) is 2.72. The van der Waals surface area contributed by atoms with Gasteiger partial charge in [0.15, 0.2) is 0 Å². The molecule has 1 saturated heterocycles. The van der Waals surface area contributed by atoms with Gasteiger partial charge in [-0.15, -0.1) is 0 Å². The molecule has 3 rings (SSSR count). The maximum Gasteiger partial charge on any atom is 0.243 e. The summed E-state index contributed by atoms with van der Waals surface area (Å²) in [6.07, 6.45) is 3.79. The molecule has 1 heterocycles. The summed E-state index contributed by atoms with van der Waals surface area (Å²) in [6.45, 7) is 0.480. The van der Waals surface area contributed by atoms with Crippen molar-refractivity contribution in [3.05, 3.63) is 30.1 Å². The highest BCUT2D eigenvalue weighted by molar-refractivity contribution is 7.89. The van der Waals surface area contributed by atoms with Crippen LogP contribution in [0.1, 0.15) is 32.1 Å². The molecule has 1 N–H and O–H groups in total. The van der Waals surface area contributed by atoms with Crippen LogP contribution in [0.3, 0.4) is 0 Å². The highest BCUT2D eigenvalue weighted by Gasteiger charge is 2.43. The Labute approximate surface area is 124 Å². The van der Waals surface area contributed by atoms with Crippen LogP contribution in [-0.4, -0.2) is 36.5 Å². The molecule has 2 fully saturated rings. The summed E-state index contributed by atoms with van der Waals surface area (Å²) in [6, 6.07) is 4.83. The highest BCUT2D eigenvalue weighted by atomic mass is 32.2. The van der Waals surface area contributed by atoms with E-state index in [0.717, 1.165) is 32.1 Å². The largest absolute Gasteiger partial charge is 0.393 e. The predicted molar refractivity (Wildman–Crippen MR) is 76.7 cm³/mol. The molecule has 0 spiro atoms. The SMILES string of the molecule is O=S(=O)(c1ccc(F)cc1)N1CCCC1C1CCCC1O. The van der Waals surface area contributed by atoms with Gasteiger partial charge in [-0.3, -0.25) is 0 Å². The fraction of sp³-hybridized carbons (Fsp3) is 0.600. The Morgan fingerprint density at radius 1 is 1.10 bits per heavy atom. The molecular weight excluding hydrogens is 293 g/mol. The van der Waals surface area contributed by atoms with E-state index in [2.05, 4.69) is 0 Å². The van der Waals surface area contributed by atoms with E-state index in [9.17, 15) is 17.9 Å². The molecule has 1 aliphatic heterocycles. The molecule has 0 amide bonds. The van der Waals surface area contributed by atoms with E-state index >= 15 is 0 Å². The summed E-state index contributed by atoms with van der Waals surface area (Å²) in [5.74, 6) is -0.416. The molecule has 21 heavy (non-hydrogen) atoms. The Kier molecular flexibility index (Phi) is 4.03. The van der Waals surface area contributed by atoms with Gasteiger partial charge in [0.05, 0.1) is 11.0 Å². The second-order valence-electron chi connectivity index (χ2n) is 5.94. The maximum atomic E-state index is 13.0. The lowest BCUT2D eigenvalue weighted by molar-refractivity contribution is 0.0975. The molecule has 1 saturated carbocycles. The summed E-state index contributed by atoms with van der Waals surface area (Å²) < 4.78 is 40.0. The number of nitrogens with zero attached hydrogens (tertiary/aromatic N) is 1. The molecule has 1 aromatic rings. The van der Waals surface area contributed by atoms with Gasteiger partial charge in [-0.25, -0.2) is 12.8 Å². The summed E-state index contributed by atoms with van der Waals surface area (Å²) in [7, 11) is -3.61. The zero-order valence-corrected chi connectivity index (χ0v) is 12.6. The second-order valence-corrected chi connectivity index (χ2v) is 7.83. The van der Waals surface area contributed by atoms with Crippen molar-refractivity contribution in [1.29, 1.82) is 0 Å². The first-order valence-corrected chi connectivity index (χ1v) is 8.89. The van der Waals surface area contributed by atoms with Crippen LogP contribution < -0.4 is 0 Å². The zero-order chi connectivity index (χ0) is 15.0. The summed E-state index contributed by atoms with van der Waals surface area (Å²) in [5.41, 5.74) is 0. The quantitative estimate of drug-likeness (QED) is 0.930. The number of aliphatic hydroxyl groups is 1. The molecule has 3 atom stereocenters. The number of rotatable bonds is 3. The monoisotopic (exact) mass is 313 g/mol. The van der Waals surface area contributed by atoms with E-state index in [4.69, 9.17) is 0 Å². The third-order valence-electron chi connectivity index (χ3n) is 4.69. The Morgan fingerprint density at radius 3 is 2.43 bits per heavy atom. The topological polar surface area (TPSA) is 57.6 Å². The van der Waals surface area contributed by atoms with Gasteiger partial charge in [-0.05, 0) is 49.9 Å². The summed E-state index contributed by atoms with van der Waals surface area (Å²) in [5, 5.41) is 10.1. The van der Waals surface area contributed by atoms with Crippen LogP contribution in [0, 0.1) is 11.7 Å². The van der Waals surface area contributed by atoms with Crippen LogP contribution in [0.4, 0.5) is 4.39 Å². The lowest BCUT2D eigenvalue weighted by atomic mass is 9.95. The van der Waals surface area contributed by atoms with Gasteiger partial charge in [-0.1, -0.05) is 6.42 Å². The minimum Gasteiger partial charge on any atom is -0.393 e. The van der Waals surface area contributed by atoms with Crippen molar-refractivity contribution in [2.45, 2.75) is 49.1 Å². The fourth-order valence-electron chi connectivity index (χ4n) is 3.65. The van der Waals surface area contributed by atoms with Gasteiger partial charge in [0, 0.05) is 18.5 Å². The summed E-state index contributed by atoms with van der Waals surface area (Å²) >= 11 is 0. The first kappa shape index (κ1) is 14.9. The number of aliphatic hydroxyl groups excluding tert-OH is 1. The van der Waals surface area contributed by atoms with Crippen LogP contribution in [0.2, 0.25) is 0 Å². The lowest BCUT2D eigenvalue weighted by Gasteiger charge is -2.30. The van der Waals surface area contributed by atoms with Gasteiger partial charge in [0.25, 0.3) is 0 Å². The van der Waals surface area contributed by atoms with E-state index in [-0.39, 0.29) is 16.9 Å². The number of halogens is 1. The van der Waals surface area contributed by atoms with Crippen molar-refractivity contribution in [1.82, 2.24) is 4.31 Å². The van der Waals surface area contributed by atoms with E-state index in [1.54, 1.807) is 0 Å². The highest BCUT2D eigenvalue weighted by Crippen LogP contribution is 2.38. The normalized spacial score (nSPS) is 30.9. The van der Waals surface area contributed by atoms with Crippen molar-refractivity contribution in [3.8, 4) is 0 Å². The molecule has 0 radical (unpaired) electrons. The van der Waals surface area contributed by atoms with Crippen LogP contribution in [0.15, 0.2) is 29.2 Å². The molecule has 2 aliphatic rings. The summed E-state index contributed by atoms with van der Waals surface area (Å²) in [4.78, 5) is 0.128. The van der Waals surface area contributed by atoms with Crippen molar-refractivity contribution in [3.63, 3.8) is 0 Å². The van der Waals surface area contributed by atoms with Gasteiger partial charge >= 0.3 is 0 Å². The molecule has 1 aliphatic carbocycles. The number of hydrogen-bond acceptors (Lipinski definition) is 3. The van der Waals surface area contributed by atoms with Crippen LogP contribution >= 0.6 is 0 Å². The van der Waals surface area contributed by atoms with Crippen LogP contribution in [0.5, 0.6) is 0 Å². The molecule has 1 aromatic carbocycles. The first-order valence-electron chi connectivity index (χ1n) is 7.45. The Hall–Kier alpha value is -0.980. The molecular formula is C15H20FNO3S. The standard InChI is InChI=1S/C15H20FNO3S/c16-11-6-8-12(9-7-11)21(19,20)17-10-2-4-14(17)13-3-1-5-15(13)18/h6-9,13-15,18H,1-5,10H2. The average molecular weight is 313 g/mol. The van der Waals surface area contributed by atoms with Gasteiger partial charge in [0.2, 0.25) is 10.0 Å². The number of hydrogen-bond donors (Lipinski definition) is 1. The minimum absolute atomic E-state index is 0.0303. The molecule has 6 heteroatoms. The molecule has 116 valence electrons. The van der Waals surface area contributed by atoms with Crippen LogP contribution in [0.25, 0.3) is 0 Å². The van der Waals surface area contributed by atoms with E-state index in [1.807, 2.05) is 0 Å². The fourth-order valence-corrected chi connectivity index (χ4v) is 5.39. The third-order valence-corrected chi connectivity index (χ3v) is 6.63.